The van der Waals surface area contributed by atoms with E-state index in [9.17, 15) is 4.79 Å². The molecule has 7 heteroatoms. The van der Waals surface area contributed by atoms with Crippen LogP contribution >= 0.6 is 0 Å². The van der Waals surface area contributed by atoms with Gasteiger partial charge in [0.2, 0.25) is 0 Å². The van der Waals surface area contributed by atoms with Gasteiger partial charge in [-0.1, -0.05) is 20.8 Å². The van der Waals surface area contributed by atoms with E-state index in [0.717, 1.165) is 51.3 Å². The Labute approximate surface area is 178 Å². The van der Waals surface area contributed by atoms with E-state index in [1.807, 2.05) is 27.8 Å². The number of carbonyl (C=O) groups is 1. The first-order valence-electron chi connectivity index (χ1n) is 11.0. The highest BCUT2D eigenvalue weighted by atomic mass is 16.6. The highest BCUT2D eigenvalue weighted by Crippen LogP contribution is 2.20. The lowest BCUT2D eigenvalue weighted by molar-refractivity contribution is 0.0170. The van der Waals surface area contributed by atoms with Gasteiger partial charge in [0.1, 0.15) is 5.60 Å². The summed E-state index contributed by atoms with van der Waals surface area (Å²) in [6.45, 7) is 16.5. The van der Waals surface area contributed by atoms with Crippen molar-refractivity contribution in [1.29, 1.82) is 0 Å². The van der Waals surface area contributed by atoms with E-state index in [1.165, 1.54) is 6.42 Å². The molecule has 0 aromatic carbocycles. The van der Waals surface area contributed by atoms with Crippen molar-refractivity contribution in [2.24, 2.45) is 10.4 Å². The summed E-state index contributed by atoms with van der Waals surface area (Å²) in [6.07, 6.45) is 5.06. The number of carbonyl (C=O) groups excluding carboxylic acids is 1. The second-order valence-electron chi connectivity index (χ2n) is 9.98. The van der Waals surface area contributed by atoms with E-state index in [4.69, 9.17) is 9.47 Å². The van der Waals surface area contributed by atoms with Crippen molar-refractivity contribution in [1.82, 2.24) is 15.5 Å². The largest absolute Gasteiger partial charge is 0.444 e. The smallest absolute Gasteiger partial charge is 0.407 e. The van der Waals surface area contributed by atoms with Crippen LogP contribution in [0.2, 0.25) is 0 Å². The van der Waals surface area contributed by atoms with Crippen molar-refractivity contribution >= 4 is 12.1 Å². The average molecular weight is 413 g/mol. The molecule has 1 aliphatic heterocycles. The van der Waals surface area contributed by atoms with Crippen LogP contribution in [-0.4, -0.2) is 68.5 Å². The van der Waals surface area contributed by atoms with Gasteiger partial charge in [-0.2, -0.15) is 0 Å². The molecular formula is C22H44N4O3. The number of aliphatic imine (C=N–C) groups is 1. The van der Waals surface area contributed by atoms with E-state index < -0.39 is 5.60 Å². The molecule has 29 heavy (non-hydrogen) atoms. The van der Waals surface area contributed by atoms with Gasteiger partial charge in [-0.15, -0.1) is 0 Å². The van der Waals surface area contributed by atoms with Gasteiger partial charge in [-0.25, -0.2) is 4.79 Å². The van der Waals surface area contributed by atoms with Gasteiger partial charge in [0, 0.05) is 39.8 Å². The van der Waals surface area contributed by atoms with Crippen LogP contribution in [0.4, 0.5) is 4.79 Å². The summed E-state index contributed by atoms with van der Waals surface area (Å²) >= 11 is 0. The Bertz CT molecular complexity index is 501. The fourth-order valence-corrected chi connectivity index (χ4v) is 3.21. The van der Waals surface area contributed by atoms with Gasteiger partial charge in [0.05, 0.1) is 6.10 Å². The van der Waals surface area contributed by atoms with Gasteiger partial charge in [0.25, 0.3) is 0 Å². The summed E-state index contributed by atoms with van der Waals surface area (Å²) in [5.41, 5.74) is -0.0834. The number of likely N-dealkylation sites (tertiary alicyclic amines) is 1. The number of hydrogen-bond donors (Lipinski definition) is 2. The average Bonchev–Trinajstić information content (AvgIpc) is 2.60. The lowest BCUT2D eigenvalue weighted by Crippen LogP contribution is -2.47. The van der Waals surface area contributed by atoms with Crippen LogP contribution in [0.1, 0.15) is 73.6 Å². The second kappa shape index (κ2) is 12.3. The molecule has 2 N–H and O–H groups in total. The maximum atomic E-state index is 11.6. The minimum Gasteiger partial charge on any atom is -0.444 e. The Morgan fingerprint density at radius 1 is 1.03 bits per heavy atom. The zero-order valence-electron chi connectivity index (χ0n) is 19.8. The number of amides is 1. The molecule has 1 saturated heterocycles. The molecule has 0 spiro atoms. The minimum atomic E-state index is -0.462. The van der Waals surface area contributed by atoms with Crippen LogP contribution in [0, 0.1) is 5.41 Å². The Balaban J connectivity index is 2.15. The number of piperidine rings is 1. The van der Waals surface area contributed by atoms with Crippen LogP contribution < -0.4 is 10.6 Å². The molecule has 1 aliphatic rings. The third kappa shape index (κ3) is 12.6. The topological polar surface area (TPSA) is 75.2 Å². The molecule has 0 aromatic heterocycles. The molecule has 0 radical (unpaired) electrons. The van der Waals surface area contributed by atoms with Crippen molar-refractivity contribution < 1.29 is 14.3 Å². The summed E-state index contributed by atoms with van der Waals surface area (Å²) in [7, 11) is 1.85. The highest BCUT2D eigenvalue weighted by molar-refractivity contribution is 5.79. The van der Waals surface area contributed by atoms with Crippen LogP contribution in [0.25, 0.3) is 0 Å². The third-order valence-corrected chi connectivity index (χ3v) is 4.68. The molecule has 7 nitrogen and oxygen atoms in total. The Morgan fingerprint density at radius 3 is 2.21 bits per heavy atom. The number of rotatable bonds is 8. The number of nitrogens with zero attached hydrogens (tertiary/aromatic N) is 2. The maximum Gasteiger partial charge on any atom is 0.407 e. The molecule has 1 amide bonds. The highest BCUT2D eigenvalue weighted by Gasteiger charge is 2.22. The first-order chi connectivity index (χ1) is 13.5. The first kappa shape index (κ1) is 25.5. The molecule has 1 rings (SSSR count). The fraction of sp³-hybridized carbons (Fsp3) is 0.909. The quantitative estimate of drug-likeness (QED) is 0.360. The molecule has 0 aromatic rings. The molecule has 1 heterocycles. The first-order valence-corrected chi connectivity index (χ1v) is 11.0. The molecule has 0 atom stereocenters. The lowest BCUT2D eigenvalue weighted by Gasteiger charge is -2.34. The molecule has 0 unspecified atom stereocenters. The standard InChI is InChI=1S/C22H44N4O3/c1-21(2,3)12-8-13-24-19(23-7)26-15-10-18(11-16-26)28-17-9-14-25-20(27)29-22(4,5)6/h18H,8-17H2,1-7H3,(H,23,24)(H,25,27). The van der Waals surface area contributed by atoms with Crippen molar-refractivity contribution in [3.63, 3.8) is 0 Å². The summed E-state index contributed by atoms with van der Waals surface area (Å²) < 4.78 is 11.2. The predicted octanol–water partition coefficient (Wildman–Crippen LogP) is 3.78. The van der Waals surface area contributed by atoms with Gasteiger partial charge >= 0.3 is 6.09 Å². The number of ether oxygens (including phenoxy) is 2. The van der Waals surface area contributed by atoms with E-state index in [0.29, 0.717) is 18.6 Å². The van der Waals surface area contributed by atoms with Gasteiger partial charge in [-0.3, -0.25) is 4.99 Å². The normalized spacial score (nSPS) is 16.7. The Kier molecular flexibility index (Phi) is 10.8. The summed E-state index contributed by atoms with van der Waals surface area (Å²) in [4.78, 5) is 18.4. The molecule has 0 aliphatic carbocycles. The van der Waals surface area contributed by atoms with E-state index in [1.54, 1.807) is 0 Å². The lowest BCUT2D eigenvalue weighted by atomic mass is 9.91. The monoisotopic (exact) mass is 412 g/mol. The minimum absolute atomic E-state index is 0.284. The van der Waals surface area contributed by atoms with Crippen LogP contribution in [0.3, 0.4) is 0 Å². The molecule has 170 valence electrons. The maximum absolute atomic E-state index is 11.6. The summed E-state index contributed by atoms with van der Waals surface area (Å²) in [5, 5.41) is 6.26. The van der Waals surface area contributed by atoms with Crippen LogP contribution in [0.5, 0.6) is 0 Å². The van der Waals surface area contributed by atoms with E-state index >= 15 is 0 Å². The number of guanidine groups is 1. The van der Waals surface area contributed by atoms with E-state index in [2.05, 4.69) is 41.3 Å². The SMILES string of the molecule is CN=C(NCCCC(C)(C)C)N1CCC(OCCCNC(=O)OC(C)(C)C)CC1. The van der Waals surface area contributed by atoms with Crippen LogP contribution in [0.15, 0.2) is 4.99 Å². The number of nitrogens with one attached hydrogen (secondary N) is 2. The third-order valence-electron chi connectivity index (χ3n) is 4.68. The van der Waals surface area contributed by atoms with Crippen molar-refractivity contribution in [2.45, 2.75) is 85.4 Å². The second-order valence-corrected chi connectivity index (χ2v) is 9.98. The molecule has 1 fully saturated rings. The number of alkyl carbamates (subject to hydrolysis) is 1. The van der Waals surface area contributed by atoms with Crippen molar-refractivity contribution in [2.75, 3.05) is 39.8 Å². The summed E-state index contributed by atoms with van der Waals surface area (Å²) in [5.74, 6) is 0.999. The van der Waals surface area contributed by atoms with Gasteiger partial charge in [0.15, 0.2) is 5.96 Å². The van der Waals surface area contributed by atoms with Crippen molar-refractivity contribution in [3.8, 4) is 0 Å². The molecule has 0 saturated carbocycles. The predicted molar refractivity (Wildman–Crippen MR) is 119 cm³/mol. The van der Waals surface area contributed by atoms with Crippen molar-refractivity contribution in [3.05, 3.63) is 0 Å². The summed E-state index contributed by atoms with van der Waals surface area (Å²) in [6, 6.07) is 0. The molecule has 0 bridgehead atoms. The van der Waals surface area contributed by atoms with Gasteiger partial charge in [-0.05, 0) is 58.3 Å². The fourth-order valence-electron chi connectivity index (χ4n) is 3.21. The zero-order valence-corrected chi connectivity index (χ0v) is 19.8. The Morgan fingerprint density at radius 2 is 1.66 bits per heavy atom. The van der Waals surface area contributed by atoms with Crippen LogP contribution in [-0.2, 0) is 9.47 Å². The van der Waals surface area contributed by atoms with E-state index in [-0.39, 0.29) is 12.2 Å². The molecular weight excluding hydrogens is 368 g/mol. The Hall–Kier alpha value is -1.50. The zero-order chi connectivity index (χ0) is 21.9. The number of hydrogen-bond acceptors (Lipinski definition) is 4. The van der Waals surface area contributed by atoms with Gasteiger partial charge < -0.3 is 25.0 Å².